The lowest BCUT2D eigenvalue weighted by molar-refractivity contribution is 0.0687. The fourth-order valence-electron chi connectivity index (χ4n) is 2.44. The van der Waals surface area contributed by atoms with Crippen molar-refractivity contribution in [3.8, 4) is 11.8 Å². The molecule has 0 saturated carbocycles. The zero-order chi connectivity index (χ0) is 16.6. The van der Waals surface area contributed by atoms with E-state index in [0.717, 1.165) is 0 Å². The Hall–Kier alpha value is -3.40. The van der Waals surface area contributed by atoms with E-state index in [2.05, 4.69) is 4.98 Å². The standard InChI is InChI=1S/C16H10FN3O3/c17-11-4-2-1-3-9(11)8-20-6-5-10-14(20)12(7-18)19-13(15(10)21)16(22)23/h1-6,21H,8H2,(H,22,23). The number of fused-ring (bicyclic) bond motifs is 1. The van der Waals surface area contributed by atoms with Crippen LogP contribution in [0.25, 0.3) is 10.9 Å². The summed E-state index contributed by atoms with van der Waals surface area (Å²) in [5.41, 5.74) is -0.0665. The van der Waals surface area contributed by atoms with Crippen molar-refractivity contribution < 1.29 is 19.4 Å². The summed E-state index contributed by atoms with van der Waals surface area (Å²) in [6, 6.07) is 9.48. The van der Waals surface area contributed by atoms with Gasteiger partial charge in [0.2, 0.25) is 0 Å². The first-order valence-corrected chi connectivity index (χ1v) is 6.61. The maximum atomic E-state index is 13.8. The number of aromatic hydroxyl groups is 1. The Labute approximate surface area is 129 Å². The van der Waals surface area contributed by atoms with Crippen molar-refractivity contribution >= 4 is 16.9 Å². The molecule has 114 valence electrons. The number of nitrogens with zero attached hydrogens (tertiary/aromatic N) is 3. The fraction of sp³-hybridized carbons (Fsp3) is 0.0625. The van der Waals surface area contributed by atoms with Crippen molar-refractivity contribution in [1.82, 2.24) is 9.55 Å². The van der Waals surface area contributed by atoms with Crippen LogP contribution in [0.2, 0.25) is 0 Å². The van der Waals surface area contributed by atoms with Gasteiger partial charge < -0.3 is 14.8 Å². The molecule has 0 spiro atoms. The summed E-state index contributed by atoms with van der Waals surface area (Å²) in [5, 5.41) is 28.5. The van der Waals surface area contributed by atoms with Gasteiger partial charge in [-0.15, -0.1) is 0 Å². The van der Waals surface area contributed by atoms with Crippen LogP contribution in [-0.2, 0) is 6.54 Å². The van der Waals surface area contributed by atoms with Crippen LogP contribution in [0, 0.1) is 17.1 Å². The highest BCUT2D eigenvalue weighted by molar-refractivity contribution is 5.99. The van der Waals surface area contributed by atoms with E-state index in [1.54, 1.807) is 29.0 Å². The number of benzene rings is 1. The molecule has 3 aromatic rings. The molecule has 2 N–H and O–H groups in total. The minimum Gasteiger partial charge on any atom is -0.505 e. The highest BCUT2D eigenvalue weighted by atomic mass is 19.1. The monoisotopic (exact) mass is 311 g/mol. The van der Waals surface area contributed by atoms with Crippen LogP contribution in [0.3, 0.4) is 0 Å². The molecule has 0 amide bonds. The Morgan fingerprint density at radius 1 is 1.35 bits per heavy atom. The number of nitriles is 1. The number of pyridine rings is 1. The molecule has 0 unspecified atom stereocenters. The number of hydrogen-bond donors (Lipinski definition) is 2. The molecule has 6 nitrogen and oxygen atoms in total. The summed E-state index contributed by atoms with van der Waals surface area (Å²) in [6.45, 7) is 0.123. The van der Waals surface area contributed by atoms with Crippen LogP contribution < -0.4 is 0 Å². The van der Waals surface area contributed by atoms with Gasteiger partial charge in [-0.1, -0.05) is 18.2 Å². The molecular formula is C16H10FN3O3. The van der Waals surface area contributed by atoms with Gasteiger partial charge in [0, 0.05) is 17.1 Å². The molecule has 2 heterocycles. The largest absolute Gasteiger partial charge is 0.505 e. The first kappa shape index (κ1) is 14.5. The lowest BCUT2D eigenvalue weighted by Gasteiger charge is -2.09. The molecule has 1 aromatic carbocycles. The lowest BCUT2D eigenvalue weighted by Crippen LogP contribution is -2.06. The molecular weight excluding hydrogens is 301 g/mol. The Bertz CT molecular complexity index is 973. The maximum Gasteiger partial charge on any atom is 0.358 e. The molecule has 0 atom stereocenters. The van der Waals surface area contributed by atoms with Crippen molar-refractivity contribution in [2.45, 2.75) is 6.54 Å². The van der Waals surface area contributed by atoms with E-state index in [0.29, 0.717) is 5.56 Å². The Morgan fingerprint density at radius 2 is 2.09 bits per heavy atom. The summed E-state index contributed by atoms with van der Waals surface area (Å²) in [4.78, 5) is 14.8. The highest BCUT2D eigenvalue weighted by Crippen LogP contribution is 2.31. The lowest BCUT2D eigenvalue weighted by atomic mass is 10.2. The first-order chi connectivity index (χ1) is 11.0. The third kappa shape index (κ3) is 2.36. The molecule has 7 heteroatoms. The maximum absolute atomic E-state index is 13.8. The van der Waals surface area contributed by atoms with Gasteiger partial charge in [0.05, 0.1) is 12.1 Å². The molecule has 0 aliphatic carbocycles. The SMILES string of the molecule is N#Cc1nc(C(=O)O)c(O)c2ccn(Cc3ccccc3F)c12. The zero-order valence-corrected chi connectivity index (χ0v) is 11.7. The second-order valence-corrected chi connectivity index (χ2v) is 4.87. The van der Waals surface area contributed by atoms with Crippen molar-refractivity contribution in [1.29, 1.82) is 5.26 Å². The number of carboxylic acids is 1. The van der Waals surface area contributed by atoms with Crippen LogP contribution in [0.15, 0.2) is 36.5 Å². The fourth-order valence-corrected chi connectivity index (χ4v) is 2.44. The quantitative estimate of drug-likeness (QED) is 0.774. The van der Waals surface area contributed by atoms with Crippen LogP contribution in [0.4, 0.5) is 4.39 Å². The van der Waals surface area contributed by atoms with E-state index in [-0.39, 0.29) is 23.1 Å². The summed E-state index contributed by atoms with van der Waals surface area (Å²) < 4.78 is 15.3. The molecule has 23 heavy (non-hydrogen) atoms. The van der Waals surface area contributed by atoms with Gasteiger partial charge in [-0.2, -0.15) is 5.26 Å². The van der Waals surface area contributed by atoms with Gasteiger partial charge in [0.15, 0.2) is 17.1 Å². The third-order valence-corrected chi connectivity index (χ3v) is 3.50. The summed E-state index contributed by atoms with van der Waals surface area (Å²) in [7, 11) is 0. The minimum atomic E-state index is -1.43. The van der Waals surface area contributed by atoms with E-state index in [9.17, 15) is 19.6 Å². The van der Waals surface area contributed by atoms with Crippen molar-refractivity contribution in [3.63, 3.8) is 0 Å². The Balaban J connectivity index is 2.21. The van der Waals surface area contributed by atoms with Gasteiger partial charge in [0.1, 0.15) is 11.9 Å². The van der Waals surface area contributed by atoms with Crippen LogP contribution >= 0.6 is 0 Å². The van der Waals surface area contributed by atoms with E-state index >= 15 is 0 Å². The second kappa shape index (κ2) is 5.42. The zero-order valence-electron chi connectivity index (χ0n) is 11.7. The second-order valence-electron chi connectivity index (χ2n) is 4.87. The molecule has 3 rings (SSSR count). The van der Waals surface area contributed by atoms with Gasteiger partial charge in [-0.25, -0.2) is 14.2 Å². The predicted molar refractivity (Wildman–Crippen MR) is 78.6 cm³/mol. The Morgan fingerprint density at radius 3 is 2.74 bits per heavy atom. The molecule has 0 fully saturated rings. The van der Waals surface area contributed by atoms with Gasteiger partial charge in [0.25, 0.3) is 0 Å². The van der Waals surface area contributed by atoms with Crippen LogP contribution in [0.5, 0.6) is 5.75 Å². The van der Waals surface area contributed by atoms with E-state index in [1.807, 2.05) is 6.07 Å². The number of carbonyl (C=O) groups is 1. The van der Waals surface area contributed by atoms with Gasteiger partial charge in [-0.05, 0) is 12.1 Å². The normalized spacial score (nSPS) is 10.6. The van der Waals surface area contributed by atoms with E-state index in [4.69, 9.17) is 5.11 Å². The third-order valence-electron chi connectivity index (χ3n) is 3.50. The van der Waals surface area contributed by atoms with Crippen molar-refractivity contribution in [2.75, 3.05) is 0 Å². The molecule has 0 aliphatic rings. The summed E-state index contributed by atoms with van der Waals surface area (Å²) in [5.74, 6) is -2.34. The average Bonchev–Trinajstić information content (AvgIpc) is 2.94. The minimum absolute atomic E-state index is 0.123. The Kier molecular flexibility index (Phi) is 3.43. The molecule has 0 radical (unpaired) electrons. The average molecular weight is 311 g/mol. The predicted octanol–water partition coefficient (Wildman–Crippen LogP) is 2.50. The van der Waals surface area contributed by atoms with Crippen LogP contribution in [0.1, 0.15) is 21.7 Å². The topological polar surface area (TPSA) is 99.1 Å². The van der Waals surface area contributed by atoms with Gasteiger partial charge in [-0.3, -0.25) is 0 Å². The number of aromatic carboxylic acids is 1. The van der Waals surface area contributed by atoms with Crippen molar-refractivity contribution in [3.05, 3.63) is 59.3 Å². The number of carboxylic acid groups (broad SMARTS) is 1. The molecule has 2 aromatic heterocycles. The molecule has 0 saturated heterocycles. The van der Waals surface area contributed by atoms with Gasteiger partial charge >= 0.3 is 5.97 Å². The molecule has 0 bridgehead atoms. The number of hydrogen-bond acceptors (Lipinski definition) is 4. The summed E-state index contributed by atoms with van der Waals surface area (Å²) >= 11 is 0. The number of aromatic nitrogens is 2. The first-order valence-electron chi connectivity index (χ1n) is 6.61. The summed E-state index contributed by atoms with van der Waals surface area (Å²) in [6.07, 6.45) is 1.55. The van der Waals surface area contributed by atoms with Crippen LogP contribution in [-0.4, -0.2) is 25.7 Å². The highest BCUT2D eigenvalue weighted by Gasteiger charge is 2.21. The number of halogens is 1. The van der Waals surface area contributed by atoms with Crippen molar-refractivity contribution in [2.24, 2.45) is 0 Å². The molecule has 0 aliphatic heterocycles. The number of rotatable bonds is 3. The van der Waals surface area contributed by atoms with E-state index < -0.39 is 23.2 Å². The smallest absolute Gasteiger partial charge is 0.358 e. The van der Waals surface area contributed by atoms with E-state index in [1.165, 1.54) is 12.1 Å².